The first-order chi connectivity index (χ1) is 13.7. The van der Waals surface area contributed by atoms with Crippen molar-refractivity contribution >= 4 is 29.3 Å². The zero-order valence-electron chi connectivity index (χ0n) is 16.2. The summed E-state index contributed by atoms with van der Waals surface area (Å²) in [5.41, 5.74) is 1.33. The van der Waals surface area contributed by atoms with Gasteiger partial charge in [0.15, 0.2) is 0 Å². The van der Waals surface area contributed by atoms with E-state index in [1.807, 2.05) is 0 Å². The zero-order chi connectivity index (χ0) is 21.2. The molecule has 0 radical (unpaired) electrons. The van der Waals surface area contributed by atoms with Crippen LogP contribution < -0.4 is 10.6 Å². The average Bonchev–Trinajstić information content (AvgIpc) is 2.67. The number of carbonyl (C=O) groups excluding carboxylic acids is 3. The SMILES string of the molecule is CC(C)(C(=O)NCc1ccc(C2CCC(=O)NC2=O)c(Cl)c1)c1ccc(F)cc1. The molecule has 3 amide bonds. The van der Waals surface area contributed by atoms with Gasteiger partial charge in [-0.15, -0.1) is 0 Å². The second-order valence-corrected chi connectivity index (χ2v) is 8.08. The van der Waals surface area contributed by atoms with Crippen LogP contribution in [0.15, 0.2) is 42.5 Å². The van der Waals surface area contributed by atoms with Gasteiger partial charge in [0.1, 0.15) is 5.82 Å². The molecule has 29 heavy (non-hydrogen) atoms. The second kappa shape index (κ2) is 8.33. The zero-order valence-corrected chi connectivity index (χ0v) is 17.0. The molecular formula is C22H22ClFN2O3. The van der Waals surface area contributed by atoms with Crippen molar-refractivity contribution in [2.75, 3.05) is 0 Å². The Morgan fingerprint density at radius 2 is 1.90 bits per heavy atom. The Bertz CT molecular complexity index is 957. The average molecular weight is 417 g/mol. The van der Waals surface area contributed by atoms with Gasteiger partial charge in [0.05, 0.1) is 11.3 Å². The van der Waals surface area contributed by atoms with Crippen LogP contribution in [0, 0.1) is 5.82 Å². The molecule has 2 N–H and O–H groups in total. The van der Waals surface area contributed by atoms with Crippen LogP contribution in [0.4, 0.5) is 4.39 Å². The molecule has 1 aliphatic rings. The predicted molar refractivity (Wildman–Crippen MR) is 108 cm³/mol. The minimum absolute atomic E-state index is 0.200. The molecule has 2 aromatic carbocycles. The molecule has 0 aromatic heterocycles. The molecule has 2 aromatic rings. The van der Waals surface area contributed by atoms with Crippen LogP contribution >= 0.6 is 11.6 Å². The van der Waals surface area contributed by atoms with E-state index >= 15 is 0 Å². The van der Waals surface area contributed by atoms with Gasteiger partial charge >= 0.3 is 0 Å². The smallest absolute Gasteiger partial charge is 0.234 e. The van der Waals surface area contributed by atoms with Gasteiger partial charge in [-0.2, -0.15) is 0 Å². The molecule has 0 saturated carbocycles. The fraction of sp³-hybridized carbons (Fsp3) is 0.318. The maximum Gasteiger partial charge on any atom is 0.234 e. The quantitative estimate of drug-likeness (QED) is 0.731. The Morgan fingerprint density at radius 3 is 2.52 bits per heavy atom. The van der Waals surface area contributed by atoms with Gasteiger partial charge in [0.2, 0.25) is 17.7 Å². The van der Waals surface area contributed by atoms with Gasteiger partial charge in [0, 0.05) is 18.0 Å². The lowest BCUT2D eigenvalue weighted by Crippen LogP contribution is -2.40. The van der Waals surface area contributed by atoms with Crippen LogP contribution in [0.1, 0.15) is 49.3 Å². The third-order valence-corrected chi connectivity index (χ3v) is 5.59. The predicted octanol–water partition coefficient (Wildman–Crippen LogP) is 3.59. The highest BCUT2D eigenvalue weighted by molar-refractivity contribution is 6.31. The normalized spacial score (nSPS) is 17.0. The largest absolute Gasteiger partial charge is 0.351 e. The Hall–Kier alpha value is -2.73. The Kier molecular flexibility index (Phi) is 6.03. The van der Waals surface area contributed by atoms with E-state index in [2.05, 4.69) is 10.6 Å². The molecule has 0 spiro atoms. The molecule has 0 aliphatic carbocycles. The van der Waals surface area contributed by atoms with E-state index in [1.54, 1.807) is 44.2 Å². The summed E-state index contributed by atoms with van der Waals surface area (Å²) in [5.74, 6) is -1.62. The molecule has 1 heterocycles. The lowest BCUT2D eigenvalue weighted by molar-refractivity contribution is -0.134. The van der Waals surface area contributed by atoms with Gasteiger partial charge in [-0.25, -0.2) is 4.39 Å². The number of nitrogens with one attached hydrogen (secondary N) is 2. The summed E-state index contributed by atoms with van der Waals surface area (Å²) in [6.45, 7) is 3.81. The van der Waals surface area contributed by atoms with E-state index in [9.17, 15) is 18.8 Å². The maximum atomic E-state index is 13.1. The summed E-state index contributed by atoms with van der Waals surface area (Å²) in [5, 5.41) is 5.63. The molecule has 5 nitrogen and oxygen atoms in total. The summed E-state index contributed by atoms with van der Waals surface area (Å²) in [7, 11) is 0. The van der Waals surface area contributed by atoms with Crippen molar-refractivity contribution in [1.29, 1.82) is 0 Å². The van der Waals surface area contributed by atoms with Crippen molar-refractivity contribution in [3.8, 4) is 0 Å². The van der Waals surface area contributed by atoms with Crippen LogP contribution in [-0.2, 0) is 26.3 Å². The summed E-state index contributed by atoms with van der Waals surface area (Å²) < 4.78 is 13.1. The van der Waals surface area contributed by atoms with Gasteiger partial charge < -0.3 is 5.32 Å². The fourth-order valence-electron chi connectivity index (χ4n) is 3.35. The highest BCUT2D eigenvalue weighted by Crippen LogP contribution is 2.31. The van der Waals surface area contributed by atoms with Crippen LogP contribution in [0.3, 0.4) is 0 Å². The standard InChI is InChI=1S/C22H22ClFN2O3/c1-22(2,14-4-6-15(24)7-5-14)21(29)25-12-13-3-8-16(18(23)11-13)17-9-10-19(27)26-20(17)28/h3-8,11,17H,9-10,12H2,1-2H3,(H,25,29)(H,26,27,28). The van der Waals surface area contributed by atoms with Crippen LogP contribution in [-0.4, -0.2) is 17.7 Å². The fourth-order valence-corrected chi connectivity index (χ4v) is 3.69. The summed E-state index contributed by atoms with van der Waals surface area (Å²) in [4.78, 5) is 36.0. The third-order valence-electron chi connectivity index (χ3n) is 5.27. The van der Waals surface area contributed by atoms with Gasteiger partial charge in [0.25, 0.3) is 0 Å². The van der Waals surface area contributed by atoms with E-state index in [4.69, 9.17) is 11.6 Å². The summed E-state index contributed by atoms with van der Waals surface area (Å²) in [6.07, 6.45) is 0.704. The monoisotopic (exact) mass is 416 g/mol. The van der Waals surface area contributed by atoms with Crippen LogP contribution in [0.2, 0.25) is 5.02 Å². The first kappa shape index (κ1) is 21.0. The molecule has 3 rings (SSSR count). The van der Waals surface area contributed by atoms with E-state index < -0.39 is 11.3 Å². The van der Waals surface area contributed by atoms with Crippen LogP contribution in [0.25, 0.3) is 0 Å². The third kappa shape index (κ3) is 4.65. The topological polar surface area (TPSA) is 75.3 Å². The lowest BCUT2D eigenvalue weighted by atomic mass is 9.83. The highest BCUT2D eigenvalue weighted by Gasteiger charge is 2.31. The lowest BCUT2D eigenvalue weighted by Gasteiger charge is -2.24. The number of carbonyl (C=O) groups is 3. The van der Waals surface area contributed by atoms with Crippen molar-refractivity contribution in [1.82, 2.24) is 10.6 Å². The summed E-state index contributed by atoms with van der Waals surface area (Å²) >= 11 is 6.37. The van der Waals surface area contributed by atoms with E-state index in [0.29, 0.717) is 22.6 Å². The molecule has 1 fully saturated rings. The number of amides is 3. The van der Waals surface area contributed by atoms with Crippen molar-refractivity contribution in [3.05, 3.63) is 70.0 Å². The minimum Gasteiger partial charge on any atom is -0.351 e. The van der Waals surface area contributed by atoms with E-state index in [0.717, 1.165) is 5.56 Å². The maximum absolute atomic E-state index is 13.1. The molecular weight excluding hydrogens is 395 g/mol. The van der Waals surface area contributed by atoms with Crippen molar-refractivity contribution in [2.24, 2.45) is 0 Å². The number of rotatable bonds is 5. The highest BCUT2D eigenvalue weighted by atomic mass is 35.5. The number of imide groups is 1. The molecule has 152 valence electrons. The molecule has 1 saturated heterocycles. The summed E-state index contributed by atoms with van der Waals surface area (Å²) in [6, 6.07) is 11.1. The van der Waals surface area contributed by atoms with Gasteiger partial charge in [-0.05, 0) is 55.2 Å². The Labute approximate surface area is 173 Å². The molecule has 1 aliphatic heterocycles. The van der Waals surface area contributed by atoms with Crippen molar-refractivity contribution in [2.45, 2.75) is 44.6 Å². The first-order valence-electron chi connectivity index (χ1n) is 9.35. The molecule has 7 heteroatoms. The molecule has 1 unspecified atom stereocenters. The Morgan fingerprint density at radius 1 is 1.21 bits per heavy atom. The van der Waals surface area contributed by atoms with Crippen LogP contribution in [0.5, 0.6) is 0 Å². The number of halogens is 2. The second-order valence-electron chi connectivity index (χ2n) is 7.67. The van der Waals surface area contributed by atoms with Crippen molar-refractivity contribution in [3.63, 3.8) is 0 Å². The number of hydrogen-bond acceptors (Lipinski definition) is 3. The number of hydrogen-bond donors (Lipinski definition) is 2. The van der Waals surface area contributed by atoms with Gasteiger partial charge in [-0.3, -0.25) is 19.7 Å². The van der Waals surface area contributed by atoms with E-state index in [1.165, 1.54) is 12.1 Å². The number of piperidine rings is 1. The molecule has 0 bridgehead atoms. The van der Waals surface area contributed by atoms with Crippen molar-refractivity contribution < 1.29 is 18.8 Å². The van der Waals surface area contributed by atoms with E-state index in [-0.39, 0.29) is 36.5 Å². The first-order valence-corrected chi connectivity index (χ1v) is 9.72. The molecule has 1 atom stereocenters. The minimum atomic E-state index is -0.829. The number of benzene rings is 2. The van der Waals surface area contributed by atoms with Gasteiger partial charge in [-0.1, -0.05) is 35.9 Å². The Balaban J connectivity index is 1.67.